The topological polar surface area (TPSA) is 41.6 Å². The van der Waals surface area contributed by atoms with E-state index in [1.54, 1.807) is 0 Å². The molecule has 1 N–H and O–H groups in total. The van der Waals surface area contributed by atoms with Gasteiger partial charge in [0.25, 0.3) is 0 Å². The fourth-order valence-corrected chi connectivity index (χ4v) is 3.34. The molecule has 116 valence electrons. The molecule has 0 spiro atoms. The van der Waals surface area contributed by atoms with Gasteiger partial charge in [0.2, 0.25) is 5.91 Å². The summed E-state index contributed by atoms with van der Waals surface area (Å²) in [5.74, 6) is 2.00. The molecule has 1 aliphatic heterocycles. The molecule has 0 aromatic rings. The predicted octanol–water partition coefficient (Wildman–Crippen LogP) is 2.04. The van der Waals surface area contributed by atoms with E-state index in [4.69, 9.17) is 4.74 Å². The van der Waals surface area contributed by atoms with Crippen LogP contribution in [0.15, 0.2) is 0 Å². The summed E-state index contributed by atoms with van der Waals surface area (Å²) in [5.41, 5.74) is 0. The van der Waals surface area contributed by atoms with E-state index in [9.17, 15) is 4.79 Å². The minimum absolute atomic E-state index is 0.275. The van der Waals surface area contributed by atoms with Crippen LogP contribution in [0.5, 0.6) is 0 Å². The first-order valence-electron chi connectivity index (χ1n) is 8.25. The van der Waals surface area contributed by atoms with Gasteiger partial charge in [-0.25, -0.2) is 0 Å². The zero-order valence-electron chi connectivity index (χ0n) is 13.1. The number of hydrogen-bond donors (Lipinski definition) is 1. The van der Waals surface area contributed by atoms with Gasteiger partial charge in [0.15, 0.2) is 0 Å². The second-order valence-electron chi connectivity index (χ2n) is 6.55. The van der Waals surface area contributed by atoms with Gasteiger partial charge in [0, 0.05) is 32.1 Å². The van der Waals surface area contributed by atoms with E-state index in [1.807, 2.05) is 4.90 Å². The average Bonchev–Trinajstić information content (AvgIpc) is 2.48. The third-order valence-electron chi connectivity index (χ3n) is 4.85. The Bertz CT molecular complexity index is 293. The van der Waals surface area contributed by atoms with Crippen LogP contribution in [0.1, 0.15) is 46.0 Å². The summed E-state index contributed by atoms with van der Waals surface area (Å²) in [5, 5.41) is 3.57. The van der Waals surface area contributed by atoms with E-state index in [2.05, 4.69) is 19.2 Å². The Morgan fingerprint density at radius 2 is 1.85 bits per heavy atom. The maximum Gasteiger partial charge on any atom is 0.224 e. The number of amides is 1. The molecular weight excluding hydrogens is 252 g/mol. The smallest absolute Gasteiger partial charge is 0.224 e. The molecule has 1 heterocycles. The van der Waals surface area contributed by atoms with Gasteiger partial charge in [0.05, 0.1) is 13.2 Å². The molecule has 0 atom stereocenters. The molecule has 2 fully saturated rings. The molecular formula is C16H30N2O2. The van der Waals surface area contributed by atoms with Gasteiger partial charge in [-0.15, -0.1) is 0 Å². The molecule has 0 unspecified atom stereocenters. The van der Waals surface area contributed by atoms with Crippen LogP contribution in [0.3, 0.4) is 0 Å². The lowest BCUT2D eigenvalue weighted by Gasteiger charge is -2.32. The van der Waals surface area contributed by atoms with Crippen molar-refractivity contribution in [1.82, 2.24) is 10.2 Å². The Labute approximate surface area is 123 Å². The van der Waals surface area contributed by atoms with Crippen LogP contribution >= 0.6 is 0 Å². The maximum atomic E-state index is 12.0. The largest absolute Gasteiger partial charge is 0.378 e. The molecule has 0 radical (unpaired) electrons. The number of nitrogens with zero attached hydrogens (tertiary/aromatic N) is 1. The molecule has 4 heteroatoms. The predicted molar refractivity (Wildman–Crippen MR) is 80.6 cm³/mol. The number of ether oxygens (including phenoxy) is 1. The molecule has 2 aliphatic rings. The molecule has 1 aliphatic carbocycles. The standard InChI is InChI=1S/C16H30N2O2/c1-13(2)14-3-5-15(6-4-14)17-8-7-16(19)18-9-11-20-12-10-18/h13-15,17H,3-12H2,1-2H3. The van der Waals surface area contributed by atoms with Crippen LogP contribution in [-0.4, -0.2) is 49.7 Å². The average molecular weight is 282 g/mol. The first-order chi connectivity index (χ1) is 9.66. The van der Waals surface area contributed by atoms with Gasteiger partial charge in [-0.3, -0.25) is 4.79 Å². The van der Waals surface area contributed by atoms with Crippen molar-refractivity contribution in [1.29, 1.82) is 0 Å². The van der Waals surface area contributed by atoms with E-state index in [1.165, 1.54) is 25.7 Å². The third kappa shape index (κ3) is 4.74. The number of nitrogens with one attached hydrogen (secondary N) is 1. The fourth-order valence-electron chi connectivity index (χ4n) is 3.34. The maximum absolute atomic E-state index is 12.0. The Hall–Kier alpha value is -0.610. The molecule has 2 rings (SSSR count). The van der Waals surface area contributed by atoms with E-state index in [-0.39, 0.29) is 5.91 Å². The number of rotatable bonds is 5. The van der Waals surface area contributed by atoms with E-state index in [0.29, 0.717) is 25.7 Å². The van der Waals surface area contributed by atoms with Gasteiger partial charge in [-0.1, -0.05) is 13.8 Å². The summed E-state index contributed by atoms with van der Waals surface area (Å²) in [7, 11) is 0. The number of carbonyl (C=O) groups is 1. The van der Waals surface area contributed by atoms with Crippen molar-refractivity contribution in [3.05, 3.63) is 0 Å². The quantitative estimate of drug-likeness (QED) is 0.839. The van der Waals surface area contributed by atoms with Crippen LogP contribution in [0.2, 0.25) is 0 Å². The molecule has 1 saturated heterocycles. The highest BCUT2D eigenvalue weighted by atomic mass is 16.5. The lowest BCUT2D eigenvalue weighted by atomic mass is 9.80. The first-order valence-corrected chi connectivity index (χ1v) is 8.25. The summed E-state index contributed by atoms with van der Waals surface area (Å²) >= 11 is 0. The van der Waals surface area contributed by atoms with Gasteiger partial charge < -0.3 is 15.0 Å². The van der Waals surface area contributed by atoms with Crippen molar-refractivity contribution in [2.75, 3.05) is 32.8 Å². The van der Waals surface area contributed by atoms with Crippen molar-refractivity contribution in [3.8, 4) is 0 Å². The molecule has 0 bridgehead atoms. The van der Waals surface area contributed by atoms with Crippen LogP contribution in [0.4, 0.5) is 0 Å². The summed E-state index contributed by atoms with van der Waals surface area (Å²) < 4.78 is 5.27. The van der Waals surface area contributed by atoms with Crippen LogP contribution in [0, 0.1) is 11.8 Å². The third-order valence-corrected chi connectivity index (χ3v) is 4.85. The lowest BCUT2D eigenvalue weighted by Crippen LogP contribution is -2.42. The molecule has 0 aromatic heterocycles. The van der Waals surface area contributed by atoms with Crippen molar-refractivity contribution in [2.45, 2.75) is 52.0 Å². The molecule has 4 nitrogen and oxygen atoms in total. The Morgan fingerprint density at radius 3 is 2.45 bits per heavy atom. The minimum Gasteiger partial charge on any atom is -0.378 e. The molecule has 0 aromatic carbocycles. The monoisotopic (exact) mass is 282 g/mol. The van der Waals surface area contributed by atoms with Gasteiger partial charge in [-0.2, -0.15) is 0 Å². The van der Waals surface area contributed by atoms with E-state index < -0.39 is 0 Å². The minimum atomic E-state index is 0.275. The summed E-state index contributed by atoms with van der Waals surface area (Å²) in [6.07, 6.45) is 5.85. The van der Waals surface area contributed by atoms with Crippen molar-refractivity contribution in [2.24, 2.45) is 11.8 Å². The van der Waals surface area contributed by atoms with Crippen LogP contribution in [-0.2, 0) is 9.53 Å². The second kappa shape index (κ2) is 7.99. The Kier molecular flexibility index (Phi) is 6.30. The first kappa shape index (κ1) is 15.8. The summed E-state index contributed by atoms with van der Waals surface area (Å²) in [6, 6.07) is 0.627. The van der Waals surface area contributed by atoms with Crippen molar-refractivity contribution >= 4 is 5.91 Å². The van der Waals surface area contributed by atoms with E-state index in [0.717, 1.165) is 31.5 Å². The molecule has 1 amide bonds. The van der Waals surface area contributed by atoms with E-state index >= 15 is 0 Å². The molecule has 20 heavy (non-hydrogen) atoms. The highest BCUT2D eigenvalue weighted by Gasteiger charge is 2.23. The van der Waals surface area contributed by atoms with Crippen LogP contribution < -0.4 is 5.32 Å². The van der Waals surface area contributed by atoms with Gasteiger partial charge in [-0.05, 0) is 37.5 Å². The van der Waals surface area contributed by atoms with Gasteiger partial charge in [0.1, 0.15) is 0 Å². The zero-order chi connectivity index (χ0) is 14.4. The SMILES string of the molecule is CC(C)C1CCC(NCCC(=O)N2CCOCC2)CC1. The van der Waals surface area contributed by atoms with Crippen molar-refractivity contribution < 1.29 is 9.53 Å². The Morgan fingerprint density at radius 1 is 1.20 bits per heavy atom. The zero-order valence-corrected chi connectivity index (χ0v) is 13.1. The summed E-state index contributed by atoms with van der Waals surface area (Å²) in [4.78, 5) is 13.9. The van der Waals surface area contributed by atoms with Crippen LogP contribution in [0.25, 0.3) is 0 Å². The molecule has 1 saturated carbocycles. The highest BCUT2D eigenvalue weighted by molar-refractivity contribution is 5.76. The highest BCUT2D eigenvalue weighted by Crippen LogP contribution is 2.29. The number of carbonyl (C=O) groups excluding carboxylic acids is 1. The van der Waals surface area contributed by atoms with Gasteiger partial charge >= 0.3 is 0 Å². The number of morpholine rings is 1. The Balaban J connectivity index is 1.58. The second-order valence-corrected chi connectivity index (χ2v) is 6.55. The summed E-state index contributed by atoms with van der Waals surface area (Å²) in [6.45, 7) is 8.40. The fraction of sp³-hybridized carbons (Fsp3) is 0.938. The number of hydrogen-bond acceptors (Lipinski definition) is 3. The lowest BCUT2D eigenvalue weighted by molar-refractivity contribution is -0.135. The van der Waals surface area contributed by atoms with Crippen molar-refractivity contribution in [3.63, 3.8) is 0 Å². The normalized spacial score (nSPS) is 27.9.